The van der Waals surface area contributed by atoms with Gasteiger partial charge in [0.15, 0.2) is 11.6 Å². The van der Waals surface area contributed by atoms with Crippen molar-refractivity contribution in [3.63, 3.8) is 0 Å². The van der Waals surface area contributed by atoms with Crippen molar-refractivity contribution in [1.29, 1.82) is 0 Å². The van der Waals surface area contributed by atoms with Gasteiger partial charge in [-0.2, -0.15) is 0 Å². The molecule has 0 spiro atoms. The van der Waals surface area contributed by atoms with Gasteiger partial charge in [-0.3, -0.25) is 14.5 Å². The van der Waals surface area contributed by atoms with Gasteiger partial charge in [-0.1, -0.05) is 0 Å². The Morgan fingerprint density at radius 1 is 1.35 bits per heavy atom. The minimum Gasteiger partial charge on any atom is -0.505 e. The van der Waals surface area contributed by atoms with E-state index in [0.717, 1.165) is 23.1 Å². The number of carbonyl (C=O) groups excluding carboxylic acids is 2. The van der Waals surface area contributed by atoms with Crippen LogP contribution in [0, 0.1) is 12.7 Å². The molecule has 0 saturated heterocycles. The fourth-order valence-corrected chi connectivity index (χ4v) is 1.85. The fraction of sp³-hybridized carbons (Fsp3) is 0.231. The predicted octanol–water partition coefficient (Wildman–Crippen LogP) is 0.497. The second kappa shape index (κ2) is 5.30. The molecule has 2 amide bonds. The highest BCUT2D eigenvalue weighted by atomic mass is 19.1. The van der Waals surface area contributed by atoms with E-state index in [2.05, 4.69) is 5.32 Å². The standard InChI is InChI=1S/C13H13FN2O4/c1-7-4-8(14)11(18)5-9(7)15-10-6-12(19)16(2-3-17)13(10)20/h4-6,15,17-18H,2-3H2,1H3. The van der Waals surface area contributed by atoms with Crippen molar-refractivity contribution in [1.82, 2.24) is 4.90 Å². The molecule has 2 rings (SSSR count). The van der Waals surface area contributed by atoms with Crippen molar-refractivity contribution in [2.45, 2.75) is 6.92 Å². The minimum absolute atomic E-state index is 0.0116. The Kier molecular flexibility index (Phi) is 3.71. The van der Waals surface area contributed by atoms with E-state index in [1.54, 1.807) is 6.92 Å². The molecular formula is C13H13FN2O4. The number of carbonyl (C=O) groups is 2. The molecule has 0 unspecified atom stereocenters. The molecule has 3 N–H and O–H groups in total. The Bertz CT molecular complexity index is 613. The lowest BCUT2D eigenvalue weighted by atomic mass is 10.1. The number of rotatable bonds is 4. The van der Waals surface area contributed by atoms with Crippen LogP contribution in [-0.4, -0.2) is 40.1 Å². The number of imide groups is 1. The lowest BCUT2D eigenvalue weighted by Gasteiger charge is -2.14. The largest absolute Gasteiger partial charge is 0.505 e. The normalized spacial score (nSPS) is 14.8. The minimum atomic E-state index is -0.766. The summed E-state index contributed by atoms with van der Waals surface area (Å²) in [7, 11) is 0. The van der Waals surface area contributed by atoms with Gasteiger partial charge < -0.3 is 15.5 Å². The van der Waals surface area contributed by atoms with E-state index in [1.165, 1.54) is 0 Å². The lowest BCUT2D eigenvalue weighted by Crippen LogP contribution is -2.34. The van der Waals surface area contributed by atoms with Crippen LogP contribution in [-0.2, 0) is 9.59 Å². The number of phenols is 1. The van der Waals surface area contributed by atoms with E-state index >= 15 is 0 Å². The number of halogens is 1. The van der Waals surface area contributed by atoms with Gasteiger partial charge in [0.05, 0.1) is 13.2 Å². The SMILES string of the molecule is Cc1cc(F)c(O)cc1NC1=CC(=O)N(CCO)C1=O. The highest BCUT2D eigenvalue weighted by Gasteiger charge is 2.30. The van der Waals surface area contributed by atoms with E-state index in [4.69, 9.17) is 5.11 Å². The number of amides is 2. The number of aliphatic hydroxyl groups excluding tert-OH is 1. The van der Waals surface area contributed by atoms with E-state index in [1.807, 2.05) is 0 Å². The van der Waals surface area contributed by atoms with Crippen LogP contribution in [0.15, 0.2) is 23.9 Å². The Hall–Kier alpha value is -2.41. The average Bonchev–Trinajstić information content (AvgIpc) is 2.64. The zero-order valence-corrected chi connectivity index (χ0v) is 10.7. The lowest BCUT2D eigenvalue weighted by molar-refractivity contribution is -0.137. The molecule has 106 valence electrons. The first-order chi connectivity index (χ1) is 9.43. The van der Waals surface area contributed by atoms with Crippen LogP contribution >= 0.6 is 0 Å². The van der Waals surface area contributed by atoms with Crippen molar-refractivity contribution in [2.75, 3.05) is 18.5 Å². The number of aliphatic hydroxyl groups is 1. The summed E-state index contributed by atoms with van der Waals surface area (Å²) >= 11 is 0. The van der Waals surface area contributed by atoms with Crippen molar-refractivity contribution in [2.24, 2.45) is 0 Å². The summed E-state index contributed by atoms with van der Waals surface area (Å²) in [4.78, 5) is 24.3. The third kappa shape index (κ3) is 2.48. The van der Waals surface area contributed by atoms with Crippen molar-refractivity contribution in [3.8, 4) is 5.75 Å². The summed E-state index contributed by atoms with van der Waals surface area (Å²) in [5, 5.41) is 20.8. The molecular weight excluding hydrogens is 267 g/mol. The number of anilines is 1. The van der Waals surface area contributed by atoms with E-state index < -0.39 is 23.4 Å². The van der Waals surface area contributed by atoms with Crippen LogP contribution in [0.5, 0.6) is 5.75 Å². The zero-order valence-electron chi connectivity index (χ0n) is 10.7. The Morgan fingerprint density at radius 3 is 2.70 bits per heavy atom. The second-order valence-electron chi connectivity index (χ2n) is 4.32. The third-order valence-corrected chi connectivity index (χ3v) is 2.90. The van der Waals surface area contributed by atoms with E-state index in [0.29, 0.717) is 11.3 Å². The first-order valence-electron chi connectivity index (χ1n) is 5.88. The Labute approximate surface area is 114 Å². The van der Waals surface area contributed by atoms with E-state index in [9.17, 15) is 19.1 Å². The molecule has 0 aliphatic carbocycles. The molecule has 1 aromatic carbocycles. The maximum Gasteiger partial charge on any atom is 0.277 e. The molecule has 6 nitrogen and oxygen atoms in total. The summed E-state index contributed by atoms with van der Waals surface area (Å²) in [5.74, 6) is -2.43. The summed E-state index contributed by atoms with van der Waals surface area (Å²) in [5.41, 5.74) is 0.807. The van der Waals surface area contributed by atoms with Gasteiger partial charge in [-0.15, -0.1) is 0 Å². The molecule has 0 fully saturated rings. The van der Waals surface area contributed by atoms with Crippen LogP contribution in [0.4, 0.5) is 10.1 Å². The molecule has 7 heteroatoms. The number of benzene rings is 1. The van der Waals surface area contributed by atoms with Crippen LogP contribution in [0.1, 0.15) is 5.56 Å². The number of aryl methyl sites for hydroxylation is 1. The number of nitrogens with one attached hydrogen (secondary N) is 1. The first-order valence-corrected chi connectivity index (χ1v) is 5.88. The number of hydrogen-bond donors (Lipinski definition) is 3. The summed E-state index contributed by atoms with van der Waals surface area (Å²) < 4.78 is 13.1. The smallest absolute Gasteiger partial charge is 0.277 e. The molecule has 20 heavy (non-hydrogen) atoms. The quantitative estimate of drug-likeness (QED) is 0.699. The zero-order chi connectivity index (χ0) is 14.9. The highest BCUT2D eigenvalue weighted by Crippen LogP contribution is 2.26. The second-order valence-corrected chi connectivity index (χ2v) is 4.32. The molecule has 0 radical (unpaired) electrons. The first kappa shape index (κ1) is 14.0. The van der Waals surface area contributed by atoms with E-state index in [-0.39, 0.29) is 18.8 Å². The van der Waals surface area contributed by atoms with Crippen LogP contribution in [0.2, 0.25) is 0 Å². The van der Waals surface area contributed by atoms with Crippen molar-refractivity contribution < 1.29 is 24.2 Å². The van der Waals surface area contributed by atoms with Gasteiger partial charge in [-0.25, -0.2) is 4.39 Å². The third-order valence-electron chi connectivity index (χ3n) is 2.90. The number of aromatic hydroxyl groups is 1. The highest BCUT2D eigenvalue weighted by molar-refractivity contribution is 6.17. The average molecular weight is 280 g/mol. The monoisotopic (exact) mass is 280 g/mol. The van der Waals surface area contributed by atoms with Gasteiger partial charge in [0.1, 0.15) is 5.70 Å². The maximum absolute atomic E-state index is 13.1. The molecule has 1 aromatic rings. The van der Waals surface area contributed by atoms with Crippen LogP contribution in [0.25, 0.3) is 0 Å². The van der Waals surface area contributed by atoms with Crippen molar-refractivity contribution in [3.05, 3.63) is 35.3 Å². The number of phenolic OH excluding ortho intramolecular Hbond substituents is 1. The van der Waals surface area contributed by atoms with Crippen molar-refractivity contribution >= 4 is 17.5 Å². The molecule has 0 aromatic heterocycles. The summed E-state index contributed by atoms with van der Waals surface area (Å²) in [6.45, 7) is 1.18. The summed E-state index contributed by atoms with van der Waals surface area (Å²) in [6, 6.07) is 2.25. The van der Waals surface area contributed by atoms with Gasteiger partial charge in [0, 0.05) is 17.8 Å². The Balaban J connectivity index is 2.23. The molecule has 1 heterocycles. The topological polar surface area (TPSA) is 89.9 Å². The van der Waals surface area contributed by atoms with Gasteiger partial charge >= 0.3 is 0 Å². The van der Waals surface area contributed by atoms with Gasteiger partial charge in [0.25, 0.3) is 11.8 Å². The molecule has 1 aliphatic rings. The van der Waals surface area contributed by atoms with Gasteiger partial charge in [-0.05, 0) is 18.6 Å². The maximum atomic E-state index is 13.1. The molecule has 0 atom stereocenters. The summed E-state index contributed by atoms with van der Waals surface area (Å²) in [6.07, 6.45) is 1.10. The predicted molar refractivity (Wildman–Crippen MR) is 68.3 cm³/mol. The Morgan fingerprint density at radius 2 is 2.05 bits per heavy atom. The molecule has 1 aliphatic heterocycles. The van der Waals surface area contributed by atoms with Crippen LogP contribution < -0.4 is 5.32 Å². The van der Waals surface area contributed by atoms with Gasteiger partial charge in [0.2, 0.25) is 0 Å². The molecule has 0 saturated carbocycles. The van der Waals surface area contributed by atoms with Crippen LogP contribution in [0.3, 0.4) is 0 Å². The number of β-amino-alcohol motifs (C(OH)–C–C–N with tert-alkyl or cyclic N) is 1. The molecule has 0 bridgehead atoms. The number of nitrogens with zero attached hydrogens (tertiary/aromatic N) is 1. The fourth-order valence-electron chi connectivity index (χ4n) is 1.85. The number of hydrogen-bond acceptors (Lipinski definition) is 5.